The highest BCUT2D eigenvalue weighted by Gasteiger charge is 2.46. The molecule has 1 saturated heterocycles. The number of nitrogens with zero attached hydrogens (tertiary/aromatic N) is 3. The first kappa shape index (κ1) is 15.0. The highest BCUT2D eigenvalue weighted by atomic mass is 16.4. The molecule has 0 amide bonds. The molecule has 2 rings (SSSR count). The van der Waals surface area contributed by atoms with Crippen LogP contribution in [0.1, 0.15) is 50.9 Å². The van der Waals surface area contributed by atoms with E-state index in [1.54, 1.807) is 0 Å². The quantitative estimate of drug-likeness (QED) is 0.869. The normalized spacial score (nSPS) is 23.4. The van der Waals surface area contributed by atoms with Crippen molar-refractivity contribution in [1.82, 2.24) is 14.7 Å². The fraction of sp³-hybridized carbons (Fsp3) is 0.733. The lowest BCUT2D eigenvalue weighted by Gasteiger charge is -2.34. The van der Waals surface area contributed by atoms with Crippen LogP contribution < -0.4 is 0 Å². The maximum absolute atomic E-state index is 11.8. The van der Waals surface area contributed by atoms with Gasteiger partial charge in [-0.2, -0.15) is 5.10 Å². The maximum atomic E-state index is 11.8. The van der Waals surface area contributed by atoms with Crippen LogP contribution in [0.5, 0.6) is 0 Å². The lowest BCUT2D eigenvalue weighted by atomic mass is 9.90. The number of carboxylic acids is 1. The van der Waals surface area contributed by atoms with Gasteiger partial charge in [0.1, 0.15) is 5.54 Å². The van der Waals surface area contributed by atoms with E-state index >= 15 is 0 Å². The number of carbonyl (C=O) groups is 1. The number of aliphatic carboxylic acids is 1. The molecule has 112 valence electrons. The SMILES string of the molecule is CCCC1(C(=O)O)CCCN1Cc1cc(C)nn1CC. The van der Waals surface area contributed by atoms with Gasteiger partial charge in [0.15, 0.2) is 0 Å². The Balaban J connectivity index is 2.24. The number of rotatable bonds is 6. The minimum atomic E-state index is -0.675. The summed E-state index contributed by atoms with van der Waals surface area (Å²) < 4.78 is 1.98. The van der Waals surface area contributed by atoms with Gasteiger partial charge < -0.3 is 5.11 Å². The van der Waals surface area contributed by atoms with Gasteiger partial charge in [-0.25, -0.2) is 0 Å². The van der Waals surface area contributed by atoms with Gasteiger partial charge in [-0.1, -0.05) is 13.3 Å². The summed E-state index contributed by atoms with van der Waals surface area (Å²) in [5.74, 6) is -0.670. The second kappa shape index (κ2) is 5.95. The molecule has 1 aromatic rings. The second-order valence-corrected chi connectivity index (χ2v) is 5.70. The van der Waals surface area contributed by atoms with Crippen molar-refractivity contribution >= 4 is 5.97 Å². The van der Waals surface area contributed by atoms with Gasteiger partial charge in [-0.15, -0.1) is 0 Å². The molecule has 1 aromatic heterocycles. The van der Waals surface area contributed by atoms with Crippen molar-refractivity contribution in [3.05, 3.63) is 17.5 Å². The Labute approximate surface area is 120 Å². The van der Waals surface area contributed by atoms with E-state index in [-0.39, 0.29) is 0 Å². The first-order chi connectivity index (χ1) is 9.53. The number of aromatic nitrogens is 2. The molecule has 1 atom stereocenters. The van der Waals surface area contributed by atoms with E-state index in [2.05, 4.69) is 29.9 Å². The Morgan fingerprint density at radius 3 is 2.85 bits per heavy atom. The van der Waals surface area contributed by atoms with E-state index < -0.39 is 11.5 Å². The zero-order valence-corrected chi connectivity index (χ0v) is 12.7. The molecular formula is C15H25N3O2. The number of carboxylic acid groups (broad SMARTS) is 1. The van der Waals surface area contributed by atoms with Gasteiger partial charge in [0.05, 0.1) is 11.4 Å². The van der Waals surface area contributed by atoms with Crippen LogP contribution in [-0.4, -0.2) is 37.8 Å². The molecule has 0 radical (unpaired) electrons. The van der Waals surface area contributed by atoms with Crippen LogP contribution in [0.25, 0.3) is 0 Å². The van der Waals surface area contributed by atoms with Crippen LogP contribution in [0.4, 0.5) is 0 Å². The van der Waals surface area contributed by atoms with E-state index in [9.17, 15) is 9.90 Å². The van der Waals surface area contributed by atoms with E-state index in [1.165, 1.54) is 0 Å². The molecule has 5 nitrogen and oxygen atoms in total. The van der Waals surface area contributed by atoms with Crippen molar-refractivity contribution in [2.24, 2.45) is 0 Å². The largest absolute Gasteiger partial charge is 0.480 e. The van der Waals surface area contributed by atoms with Gasteiger partial charge in [0, 0.05) is 13.1 Å². The Kier molecular flexibility index (Phi) is 4.48. The molecule has 1 aliphatic rings. The predicted molar refractivity (Wildman–Crippen MR) is 77.6 cm³/mol. The van der Waals surface area contributed by atoms with E-state index in [4.69, 9.17) is 0 Å². The number of likely N-dealkylation sites (tertiary alicyclic amines) is 1. The fourth-order valence-corrected chi connectivity index (χ4v) is 3.41. The highest BCUT2D eigenvalue weighted by Crippen LogP contribution is 2.35. The van der Waals surface area contributed by atoms with E-state index in [0.717, 1.165) is 50.2 Å². The first-order valence-electron chi connectivity index (χ1n) is 7.55. The third kappa shape index (κ3) is 2.59. The molecule has 1 aliphatic heterocycles. The minimum absolute atomic E-state index is 0.670. The van der Waals surface area contributed by atoms with Gasteiger partial charge >= 0.3 is 5.97 Å². The van der Waals surface area contributed by atoms with Crippen LogP contribution in [-0.2, 0) is 17.9 Å². The summed E-state index contributed by atoms with van der Waals surface area (Å²) in [7, 11) is 0. The van der Waals surface area contributed by atoms with Crippen molar-refractivity contribution in [1.29, 1.82) is 0 Å². The van der Waals surface area contributed by atoms with E-state index in [1.807, 2.05) is 11.6 Å². The summed E-state index contributed by atoms with van der Waals surface area (Å²) in [5.41, 5.74) is 1.44. The van der Waals surface area contributed by atoms with Crippen LogP contribution in [0, 0.1) is 6.92 Å². The summed E-state index contributed by atoms with van der Waals surface area (Å²) in [6.45, 7) is 8.47. The highest BCUT2D eigenvalue weighted by molar-refractivity contribution is 5.79. The molecule has 0 aromatic carbocycles. The summed E-state index contributed by atoms with van der Waals surface area (Å²) in [6, 6.07) is 2.07. The molecule has 20 heavy (non-hydrogen) atoms. The number of aryl methyl sites for hydroxylation is 2. The van der Waals surface area contributed by atoms with Crippen LogP contribution in [0.3, 0.4) is 0 Å². The maximum Gasteiger partial charge on any atom is 0.324 e. The van der Waals surface area contributed by atoms with Crippen LogP contribution >= 0.6 is 0 Å². The molecule has 0 saturated carbocycles. The van der Waals surface area contributed by atoms with Crippen molar-refractivity contribution in [3.8, 4) is 0 Å². The lowest BCUT2D eigenvalue weighted by Crippen LogP contribution is -2.50. The molecular weight excluding hydrogens is 254 g/mol. The minimum Gasteiger partial charge on any atom is -0.480 e. The Morgan fingerprint density at radius 1 is 1.50 bits per heavy atom. The summed E-state index contributed by atoms with van der Waals surface area (Å²) >= 11 is 0. The molecule has 0 bridgehead atoms. The third-order valence-corrected chi connectivity index (χ3v) is 4.32. The zero-order chi connectivity index (χ0) is 14.8. The van der Waals surface area contributed by atoms with Gasteiger partial charge in [0.25, 0.3) is 0 Å². The molecule has 1 unspecified atom stereocenters. The average molecular weight is 279 g/mol. The summed E-state index contributed by atoms with van der Waals surface area (Å²) in [5, 5.41) is 14.2. The van der Waals surface area contributed by atoms with Crippen LogP contribution in [0.15, 0.2) is 6.07 Å². The van der Waals surface area contributed by atoms with Gasteiger partial charge in [0.2, 0.25) is 0 Å². The number of hydrogen-bond acceptors (Lipinski definition) is 3. The smallest absolute Gasteiger partial charge is 0.324 e. The topological polar surface area (TPSA) is 58.4 Å². The van der Waals surface area contributed by atoms with Crippen molar-refractivity contribution < 1.29 is 9.90 Å². The van der Waals surface area contributed by atoms with Gasteiger partial charge in [-0.3, -0.25) is 14.4 Å². The van der Waals surface area contributed by atoms with E-state index in [0.29, 0.717) is 6.54 Å². The third-order valence-electron chi connectivity index (χ3n) is 4.32. The monoisotopic (exact) mass is 279 g/mol. The average Bonchev–Trinajstić information content (AvgIpc) is 2.95. The van der Waals surface area contributed by atoms with Crippen molar-refractivity contribution in [2.45, 2.75) is 65.1 Å². The fourth-order valence-electron chi connectivity index (χ4n) is 3.41. The molecule has 1 N–H and O–H groups in total. The molecule has 5 heteroatoms. The Morgan fingerprint density at radius 2 is 2.25 bits per heavy atom. The molecule has 2 heterocycles. The molecule has 1 fully saturated rings. The predicted octanol–water partition coefficient (Wildman–Crippen LogP) is 2.43. The van der Waals surface area contributed by atoms with Crippen molar-refractivity contribution in [2.75, 3.05) is 6.54 Å². The standard InChI is InChI=1S/C15H25N3O2/c1-4-7-15(14(19)20)8-6-9-17(15)11-13-10-12(3)16-18(13)5-2/h10H,4-9,11H2,1-3H3,(H,19,20). The van der Waals surface area contributed by atoms with Gasteiger partial charge in [-0.05, 0) is 45.7 Å². The summed E-state index contributed by atoms with van der Waals surface area (Å²) in [6.07, 6.45) is 3.34. The molecule has 0 spiro atoms. The number of hydrogen-bond donors (Lipinski definition) is 1. The lowest BCUT2D eigenvalue weighted by molar-refractivity contribution is -0.150. The molecule has 0 aliphatic carbocycles. The Hall–Kier alpha value is -1.36. The first-order valence-corrected chi connectivity index (χ1v) is 7.55. The van der Waals surface area contributed by atoms with Crippen molar-refractivity contribution in [3.63, 3.8) is 0 Å². The van der Waals surface area contributed by atoms with Crippen LogP contribution in [0.2, 0.25) is 0 Å². The second-order valence-electron chi connectivity index (χ2n) is 5.70. The summed E-state index contributed by atoms with van der Waals surface area (Å²) in [4.78, 5) is 14.0. The zero-order valence-electron chi connectivity index (χ0n) is 12.7. The Bertz CT molecular complexity index is 483.